The molecule has 2 rings (SSSR count). The Hall–Kier alpha value is -2.85. The first-order chi connectivity index (χ1) is 13.9. The molecule has 2 saturated heterocycles. The topological polar surface area (TPSA) is 149 Å². The lowest BCUT2D eigenvalue weighted by Gasteiger charge is -2.46. The minimum Gasteiger partial charge on any atom is -0.480 e. The molecule has 0 spiro atoms. The van der Waals surface area contributed by atoms with Gasteiger partial charge in [0.15, 0.2) is 6.04 Å². The summed E-state index contributed by atoms with van der Waals surface area (Å²) < 4.78 is 0. The van der Waals surface area contributed by atoms with Crippen LogP contribution in [0.3, 0.4) is 0 Å². The van der Waals surface area contributed by atoms with Crippen molar-refractivity contribution in [1.82, 2.24) is 20.0 Å². The number of carbonyl (C=O) groups excluding carboxylic acids is 3. The van der Waals surface area contributed by atoms with Crippen LogP contribution in [0.2, 0.25) is 0 Å². The van der Waals surface area contributed by atoms with Gasteiger partial charge in [0.25, 0.3) is 0 Å². The monoisotopic (exact) mass is 424 g/mol. The summed E-state index contributed by atoms with van der Waals surface area (Å²) in [5, 5.41) is 12.4. The van der Waals surface area contributed by atoms with Crippen molar-refractivity contribution in [3.63, 3.8) is 0 Å². The summed E-state index contributed by atoms with van der Waals surface area (Å²) in [4.78, 5) is 57.1. The molecule has 11 nitrogen and oxygen atoms in total. The fourth-order valence-corrected chi connectivity index (χ4v) is 3.55. The summed E-state index contributed by atoms with van der Waals surface area (Å²) in [5.41, 5.74) is 5.09. The van der Waals surface area contributed by atoms with Crippen molar-refractivity contribution < 1.29 is 24.3 Å². The number of aliphatic imine (C=N–C) groups is 1. The molecule has 2 aliphatic rings. The van der Waals surface area contributed by atoms with E-state index in [0.717, 1.165) is 4.90 Å². The third-order valence-corrected chi connectivity index (χ3v) is 5.03. The van der Waals surface area contributed by atoms with Crippen molar-refractivity contribution in [1.29, 1.82) is 0 Å². The largest absolute Gasteiger partial charge is 0.480 e. The van der Waals surface area contributed by atoms with Crippen LogP contribution in [0.4, 0.5) is 9.59 Å². The number of carboxylic acid groups (broad SMARTS) is 1. The van der Waals surface area contributed by atoms with E-state index in [0.29, 0.717) is 38.3 Å². The maximum absolute atomic E-state index is 12.8. The third-order valence-electron chi connectivity index (χ3n) is 5.03. The van der Waals surface area contributed by atoms with Crippen molar-refractivity contribution in [3.05, 3.63) is 0 Å². The predicted octanol–water partition coefficient (Wildman–Crippen LogP) is 0.301. The number of nitrogens with two attached hydrogens (primary N) is 1. The zero-order valence-electron chi connectivity index (χ0n) is 18.1. The second-order valence-electron chi connectivity index (χ2n) is 8.70. The Morgan fingerprint density at radius 3 is 2.23 bits per heavy atom. The van der Waals surface area contributed by atoms with Crippen LogP contribution in [0.5, 0.6) is 0 Å². The maximum Gasteiger partial charge on any atom is 0.327 e. The van der Waals surface area contributed by atoms with Gasteiger partial charge in [-0.05, 0) is 40.5 Å². The lowest BCUT2D eigenvalue weighted by Crippen LogP contribution is -2.69. The third kappa shape index (κ3) is 5.61. The number of piperazine rings is 1. The highest BCUT2D eigenvalue weighted by molar-refractivity contribution is 6.07. The minimum absolute atomic E-state index is 0.214. The van der Waals surface area contributed by atoms with Crippen LogP contribution in [0.15, 0.2) is 4.99 Å². The highest BCUT2D eigenvalue weighted by Gasteiger charge is 2.55. The average molecular weight is 425 g/mol. The molecule has 30 heavy (non-hydrogen) atoms. The number of nitrogens with zero attached hydrogens (tertiary/aromatic N) is 4. The van der Waals surface area contributed by atoms with E-state index >= 15 is 0 Å². The number of hydrogen-bond acceptors (Lipinski definition) is 5. The molecule has 0 aliphatic carbocycles. The fourth-order valence-electron chi connectivity index (χ4n) is 3.55. The standard InChI is InChI=1S/C19H32N6O5/c1-12(20)21-7-5-6-13-14(16(27)28)25(15(13)26)18(30)24-10-8-23(9-11-24)17(29)22-19(2,3)4/h13-14H,5-11H2,1-4H3,(H2,20,21)(H,22,29)(H,27,28)/t13-,14?/m1/s1. The van der Waals surface area contributed by atoms with E-state index in [-0.39, 0.29) is 24.7 Å². The second kappa shape index (κ2) is 9.31. The zero-order valence-corrected chi connectivity index (χ0v) is 18.1. The van der Waals surface area contributed by atoms with Crippen molar-refractivity contribution in [3.8, 4) is 0 Å². The number of amidine groups is 1. The lowest BCUT2D eigenvalue weighted by atomic mass is 9.84. The first-order valence-electron chi connectivity index (χ1n) is 10.1. The number of rotatable bonds is 5. The Morgan fingerprint density at radius 2 is 1.73 bits per heavy atom. The summed E-state index contributed by atoms with van der Waals surface area (Å²) >= 11 is 0. The minimum atomic E-state index is -1.20. The summed E-state index contributed by atoms with van der Waals surface area (Å²) in [5.74, 6) is -1.99. The molecule has 5 amide bonds. The van der Waals surface area contributed by atoms with Gasteiger partial charge in [-0.3, -0.25) is 9.79 Å². The van der Waals surface area contributed by atoms with Crippen LogP contribution in [0.25, 0.3) is 0 Å². The SMILES string of the molecule is CC(N)=NCCC[C@H]1C(=O)N(C(=O)N2CCN(C(=O)NC(C)(C)C)CC2)C1C(=O)O. The molecular weight excluding hydrogens is 392 g/mol. The highest BCUT2D eigenvalue weighted by Crippen LogP contribution is 2.32. The van der Waals surface area contributed by atoms with Crippen LogP contribution >= 0.6 is 0 Å². The van der Waals surface area contributed by atoms with Gasteiger partial charge in [0.2, 0.25) is 5.91 Å². The molecular formula is C19H32N6O5. The highest BCUT2D eigenvalue weighted by atomic mass is 16.4. The summed E-state index contributed by atoms with van der Waals surface area (Å²) in [6, 6.07) is -2.00. The molecule has 1 unspecified atom stereocenters. The molecule has 2 fully saturated rings. The molecule has 0 aromatic rings. The van der Waals surface area contributed by atoms with Crippen LogP contribution < -0.4 is 11.1 Å². The Morgan fingerprint density at radius 1 is 1.17 bits per heavy atom. The fraction of sp³-hybridized carbons (Fsp3) is 0.737. The van der Waals surface area contributed by atoms with E-state index in [2.05, 4.69) is 10.3 Å². The van der Waals surface area contributed by atoms with Crippen molar-refractivity contribution >= 4 is 29.8 Å². The van der Waals surface area contributed by atoms with Gasteiger partial charge in [0.1, 0.15) is 0 Å². The van der Waals surface area contributed by atoms with E-state index in [1.165, 1.54) is 4.90 Å². The van der Waals surface area contributed by atoms with Gasteiger partial charge in [0.05, 0.1) is 11.8 Å². The number of nitrogens with one attached hydrogen (secondary N) is 1. The van der Waals surface area contributed by atoms with Crippen LogP contribution in [0, 0.1) is 5.92 Å². The van der Waals surface area contributed by atoms with Crippen LogP contribution in [-0.4, -0.2) is 93.9 Å². The van der Waals surface area contributed by atoms with Gasteiger partial charge in [-0.1, -0.05) is 0 Å². The first kappa shape index (κ1) is 23.4. The molecule has 0 saturated carbocycles. The van der Waals surface area contributed by atoms with E-state index in [1.54, 1.807) is 11.8 Å². The van der Waals surface area contributed by atoms with Gasteiger partial charge >= 0.3 is 18.0 Å². The summed E-state index contributed by atoms with van der Waals surface area (Å²) in [6.45, 7) is 8.81. The molecule has 0 bridgehead atoms. The summed E-state index contributed by atoms with van der Waals surface area (Å²) in [6.07, 6.45) is 0.843. The molecule has 2 aliphatic heterocycles. The predicted molar refractivity (Wildman–Crippen MR) is 110 cm³/mol. The number of amides is 5. The first-order valence-corrected chi connectivity index (χ1v) is 10.1. The molecule has 2 heterocycles. The smallest absolute Gasteiger partial charge is 0.327 e. The Balaban J connectivity index is 1.92. The van der Waals surface area contributed by atoms with E-state index < -0.39 is 29.9 Å². The molecule has 168 valence electrons. The zero-order chi connectivity index (χ0) is 22.6. The number of likely N-dealkylation sites (tertiary alicyclic amines) is 1. The number of imide groups is 1. The second-order valence-corrected chi connectivity index (χ2v) is 8.70. The lowest BCUT2D eigenvalue weighted by molar-refractivity contribution is -0.167. The average Bonchev–Trinajstić information content (AvgIpc) is 2.63. The van der Waals surface area contributed by atoms with Crippen molar-refractivity contribution in [2.45, 2.75) is 52.1 Å². The Kier molecular flexibility index (Phi) is 7.27. The molecule has 0 radical (unpaired) electrons. The van der Waals surface area contributed by atoms with Gasteiger partial charge in [-0.25, -0.2) is 19.3 Å². The van der Waals surface area contributed by atoms with Gasteiger partial charge in [0, 0.05) is 38.3 Å². The van der Waals surface area contributed by atoms with E-state index in [1.807, 2.05) is 20.8 Å². The van der Waals surface area contributed by atoms with Gasteiger partial charge in [-0.2, -0.15) is 0 Å². The van der Waals surface area contributed by atoms with Crippen molar-refractivity contribution in [2.75, 3.05) is 32.7 Å². The summed E-state index contributed by atoms with van der Waals surface area (Å²) in [7, 11) is 0. The maximum atomic E-state index is 12.8. The normalized spacial score (nSPS) is 22.6. The van der Waals surface area contributed by atoms with E-state index in [4.69, 9.17) is 5.73 Å². The van der Waals surface area contributed by atoms with Crippen molar-refractivity contribution in [2.24, 2.45) is 16.6 Å². The molecule has 2 atom stereocenters. The number of urea groups is 2. The molecule has 11 heteroatoms. The number of hydrogen-bond donors (Lipinski definition) is 3. The molecule has 4 N–H and O–H groups in total. The number of β-lactam (4-membered cyclic amide) rings is 1. The van der Waals surface area contributed by atoms with E-state index in [9.17, 15) is 24.3 Å². The number of aliphatic carboxylic acids is 1. The van der Waals surface area contributed by atoms with Crippen LogP contribution in [0.1, 0.15) is 40.5 Å². The quantitative estimate of drug-likeness (QED) is 0.250. The van der Waals surface area contributed by atoms with Crippen LogP contribution in [-0.2, 0) is 9.59 Å². The molecule has 0 aromatic heterocycles. The number of carbonyl (C=O) groups is 4. The Bertz CT molecular complexity index is 719. The number of carboxylic acids is 1. The van der Waals surface area contributed by atoms with Gasteiger partial charge < -0.3 is 26.0 Å². The Labute approximate surface area is 176 Å². The molecule has 0 aromatic carbocycles. The van der Waals surface area contributed by atoms with Gasteiger partial charge in [-0.15, -0.1) is 0 Å².